The van der Waals surface area contributed by atoms with Gasteiger partial charge >= 0.3 is 0 Å². The minimum Gasteiger partial charge on any atom is -0.0622 e. The predicted octanol–water partition coefficient (Wildman–Crippen LogP) is 14.9. The molecule has 55 heavy (non-hydrogen) atoms. The molecule has 1 aliphatic rings. The second-order valence-corrected chi connectivity index (χ2v) is 15.5. The first-order valence-electron chi connectivity index (χ1n) is 19.5. The van der Waals surface area contributed by atoms with E-state index in [1.165, 1.54) is 94.6 Å². The van der Waals surface area contributed by atoms with E-state index < -0.39 is 0 Å². The van der Waals surface area contributed by atoms with E-state index in [-0.39, 0.29) is 5.41 Å². The number of aryl methyl sites for hydroxylation is 3. The lowest BCUT2D eigenvalue weighted by molar-refractivity contribution is 0.660. The van der Waals surface area contributed by atoms with Crippen molar-refractivity contribution in [1.29, 1.82) is 0 Å². The first-order valence-corrected chi connectivity index (χ1v) is 19.5. The standard InChI is InChI=1S/C30H28.C25H20/c1-19-16-17-22(21(3)18-19)28-20(2)10-8-12-23(28)24-13-9-15-27-29(24)25-11-6-7-14-26(25)30(27,4)5;1-3-7-22(8-4-1)24-15-11-20(12-16-24)19-21-13-17-25(18-14-21)23-9-5-2-6-10-23/h6-18H,1-5H3;1-18H,19H2. The summed E-state index contributed by atoms with van der Waals surface area (Å²) >= 11 is 0. The first kappa shape index (κ1) is 35.8. The van der Waals surface area contributed by atoms with E-state index in [1.54, 1.807) is 0 Å². The van der Waals surface area contributed by atoms with Crippen LogP contribution in [0.25, 0.3) is 55.6 Å². The SMILES string of the molecule is Cc1ccc(-c2c(C)cccc2-c2cccc3c2-c2ccccc2C3(C)C)c(C)c1.c1ccc(-c2ccc(Cc3ccc(-c4ccccc4)cc3)cc2)cc1. The van der Waals surface area contributed by atoms with Crippen molar-refractivity contribution in [2.45, 2.75) is 46.5 Å². The van der Waals surface area contributed by atoms with Gasteiger partial charge in [0.05, 0.1) is 0 Å². The van der Waals surface area contributed by atoms with Crippen molar-refractivity contribution < 1.29 is 0 Å². The zero-order chi connectivity index (χ0) is 37.9. The molecule has 0 radical (unpaired) electrons. The lowest BCUT2D eigenvalue weighted by Gasteiger charge is -2.22. The summed E-state index contributed by atoms with van der Waals surface area (Å²) in [5.74, 6) is 0. The lowest BCUT2D eigenvalue weighted by Crippen LogP contribution is -2.14. The van der Waals surface area contributed by atoms with Crippen LogP contribution in [-0.2, 0) is 11.8 Å². The molecule has 0 atom stereocenters. The molecule has 0 amide bonds. The number of rotatable bonds is 6. The Morgan fingerprint density at radius 2 is 0.818 bits per heavy atom. The molecule has 0 unspecified atom stereocenters. The van der Waals surface area contributed by atoms with Crippen LogP contribution in [0.1, 0.15) is 52.8 Å². The van der Waals surface area contributed by atoms with Crippen molar-refractivity contribution in [3.05, 3.63) is 227 Å². The average molecular weight is 709 g/mol. The third kappa shape index (κ3) is 7.21. The molecule has 0 saturated heterocycles. The highest BCUT2D eigenvalue weighted by molar-refractivity contribution is 5.98. The minimum absolute atomic E-state index is 0.0195. The maximum atomic E-state index is 2.35. The van der Waals surface area contributed by atoms with Crippen LogP contribution in [-0.4, -0.2) is 0 Å². The summed E-state index contributed by atoms with van der Waals surface area (Å²) in [6.07, 6.45) is 0.962. The molecule has 0 spiro atoms. The summed E-state index contributed by atoms with van der Waals surface area (Å²) in [6, 6.07) is 68.1. The van der Waals surface area contributed by atoms with E-state index in [0.717, 1.165) is 6.42 Å². The zero-order valence-electron chi connectivity index (χ0n) is 32.6. The zero-order valence-corrected chi connectivity index (χ0v) is 32.6. The molecule has 8 aromatic rings. The molecule has 1 aliphatic carbocycles. The van der Waals surface area contributed by atoms with Crippen molar-refractivity contribution in [3.8, 4) is 55.6 Å². The van der Waals surface area contributed by atoms with Crippen LogP contribution in [0, 0.1) is 20.8 Å². The first-order chi connectivity index (χ1) is 26.8. The van der Waals surface area contributed by atoms with E-state index >= 15 is 0 Å². The Balaban J connectivity index is 0.000000158. The van der Waals surface area contributed by atoms with Gasteiger partial charge in [0.1, 0.15) is 0 Å². The van der Waals surface area contributed by atoms with Gasteiger partial charge in [-0.15, -0.1) is 0 Å². The quantitative estimate of drug-likeness (QED) is 0.161. The van der Waals surface area contributed by atoms with Crippen LogP contribution in [0.4, 0.5) is 0 Å². The van der Waals surface area contributed by atoms with Gasteiger partial charge in [-0.25, -0.2) is 0 Å². The molecular weight excluding hydrogens is 661 g/mol. The van der Waals surface area contributed by atoms with Gasteiger partial charge in [-0.2, -0.15) is 0 Å². The molecule has 8 aromatic carbocycles. The van der Waals surface area contributed by atoms with Gasteiger partial charge < -0.3 is 0 Å². The molecule has 268 valence electrons. The Morgan fingerprint density at radius 3 is 1.40 bits per heavy atom. The Kier molecular flexibility index (Phi) is 9.92. The number of hydrogen-bond donors (Lipinski definition) is 0. The third-order valence-electron chi connectivity index (χ3n) is 11.4. The summed E-state index contributed by atoms with van der Waals surface area (Å²) in [4.78, 5) is 0. The maximum absolute atomic E-state index is 2.35. The Hall–Kier alpha value is -6.24. The molecule has 0 heteroatoms. The molecule has 0 heterocycles. The highest BCUT2D eigenvalue weighted by Crippen LogP contribution is 2.53. The van der Waals surface area contributed by atoms with E-state index in [2.05, 4.69) is 223 Å². The topological polar surface area (TPSA) is 0 Å². The largest absolute Gasteiger partial charge is 0.0622 e. The maximum Gasteiger partial charge on any atom is 0.0159 e. The van der Waals surface area contributed by atoms with Crippen molar-refractivity contribution in [1.82, 2.24) is 0 Å². The van der Waals surface area contributed by atoms with Crippen molar-refractivity contribution in [2.24, 2.45) is 0 Å². The highest BCUT2D eigenvalue weighted by atomic mass is 14.4. The van der Waals surface area contributed by atoms with Gasteiger partial charge in [0.2, 0.25) is 0 Å². The van der Waals surface area contributed by atoms with Crippen molar-refractivity contribution >= 4 is 0 Å². The van der Waals surface area contributed by atoms with Crippen LogP contribution in [0.3, 0.4) is 0 Å². The second kappa shape index (κ2) is 15.2. The predicted molar refractivity (Wildman–Crippen MR) is 236 cm³/mol. The van der Waals surface area contributed by atoms with E-state index in [9.17, 15) is 0 Å². The monoisotopic (exact) mass is 708 g/mol. The Labute approximate surface area is 327 Å². The number of benzene rings is 8. The normalized spacial score (nSPS) is 12.3. The fourth-order valence-electron chi connectivity index (χ4n) is 8.45. The van der Waals surface area contributed by atoms with Crippen LogP contribution in [0.15, 0.2) is 188 Å². The Morgan fingerprint density at radius 1 is 0.345 bits per heavy atom. The molecule has 0 aromatic heterocycles. The lowest BCUT2D eigenvalue weighted by atomic mass is 9.81. The van der Waals surface area contributed by atoms with E-state index in [0.29, 0.717) is 0 Å². The van der Waals surface area contributed by atoms with Gasteiger partial charge in [0, 0.05) is 5.41 Å². The highest BCUT2D eigenvalue weighted by Gasteiger charge is 2.36. The summed E-state index contributed by atoms with van der Waals surface area (Å²) in [5, 5.41) is 0. The van der Waals surface area contributed by atoms with Crippen molar-refractivity contribution in [3.63, 3.8) is 0 Å². The number of hydrogen-bond acceptors (Lipinski definition) is 0. The fourth-order valence-corrected chi connectivity index (χ4v) is 8.45. The summed E-state index contributed by atoms with van der Waals surface area (Å²) < 4.78 is 0. The molecule has 0 N–H and O–H groups in total. The van der Waals surface area contributed by atoms with E-state index in [1.807, 2.05) is 0 Å². The van der Waals surface area contributed by atoms with Crippen LogP contribution >= 0.6 is 0 Å². The molecule has 9 rings (SSSR count). The molecule has 0 bridgehead atoms. The van der Waals surface area contributed by atoms with Gasteiger partial charge in [0.15, 0.2) is 0 Å². The van der Waals surface area contributed by atoms with Gasteiger partial charge in [-0.05, 0) is 116 Å². The smallest absolute Gasteiger partial charge is 0.0159 e. The molecule has 0 fully saturated rings. The molecule has 0 saturated carbocycles. The Bertz CT molecular complexity index is 2490. The van der Waals surface area contributed by atoms with Crippen LogP contribution in [0.5, 0.6) is 0 Å². The van der Waals surface area contributed by atoms with Crippen molar-refractivity contribution in [2.75, 3.05) is 0 Å². The molecular formula is C55H48. The van der Waals surface area contributed by atoms with Gasteiger partial charge in [-0.3, -0.25) is 0 Å². The summed E-state index contributed by atoms with van der Waals surface area (Å²) in [5.41, 5.74) is 22.7. The van der Waals surface area contributed by atoms with Gasteiger partial charge in [0.25, 0.3) is 0 Å². The average Bonchev–Trinajstić information content (AvgIpc) is 3.46. The minimum atomic E-state index is 0.0195. The summed E-state index contributed by atoms with van der Waals surface area (Å²) in [6.45, 7) is 11.3. The van der Waals surface area contributed by atoms with Crippen LogP contribution < -0.4 is 0 Å². The van der Waals surface area contributed by atoms with E-state index in [4.69, 9.17) is 0 Å². The number of fused-ring (bicyclic) bond motifs is 3. The molecule has 0 nitrogen and oxygen atoms in total. The molecule has 0 aliphatic heterocycles. The van der Waals surface area contributed by atoms with Crippen LogP contribution in [0.2, 0.25) is 0 Å². The third-order valence-corrected chi connectivity index (χ3v) is 11.4. The second-order valence-electron chi connectivity index (χ2n) is 15.5. The van der Waals surface area contributed by atoms with Gasteiger partial charge in [-0.1, -0.05) is 207 Å². The fraction of sp³-hybridized carbons (Fsp3) is 0.127. The summed E-state index contributed by atoms with van der Waals surface area (Å²) in [7, 11) is 0.